The molecule has 7 heteroatoms. The van der Waals surface area contributed by atoms with Crippen LogP contribution in [0.4, 0.5) is 18.9 Å². The second kappa shape index (κ2) is 8.14. The van der Waals surface area contributed by atoms with Crippen LogP contribution in [0.1, 0.15) is 12.5 Å². The molecule has 2 aromatic carbocycles. The van der Waals surface area contributed by atoms with Crippen LogP contribution in [0.3, 0.4) is 0 Å². The van der Waals surface area contributed by atoms with Gasteiger partial charge in [-0.3, -0.25) is 4.99 Å². The van der Waals surface area contributed by atoms with Crippen molar-refractivity contribution in [1.29, 1.82) is 0 Å². The molecule has 0 radical (unpaired) electrons. The van der Waals surface area contributed by atoms with Crippen molar-refractivity contribution in [3.05, 3.63) is 71.1 Å². The van der Waals surface area contributed by atoms with Gasteiger partial charge in [0.25, 0.3) is 0 Å². The van der Waals surface area contributed by atoms with Crippen LogP contribution >= 0.6 is 0 Å². The molecule has 0 heterocycles. The molecule has 0 amide bonds. The minimum Gasteiger partial charge on any atom is -0.506 e. The van der Waals surface area contributed by atoms with Gasteiger partial charge in [0.15, 0.2) is 11.6 Å². The summed E-state index contributed by atoms with van der Waals surface area (Å²) >= 11 is 0. The number of para-hydroxylation sites is 1. The minimum absolute atomic E-state index is 0.00491. The van der Waals surface area contributed by atoms with Crippen molar-refractivity contribution in [3.8, 4) is 0 Å². The second-order valence-electron chi connectivity index (χ2n) is 4.82. The second-order valence-corrected chi connectivity index (χ2v) is 4.82. The molecule has 0 aliphatic carbocycles. The van der Waals surface area contributed by atoms with Crippen molar-refractivity contribution >= 4 is 23.6 Å². The van der Waals surface area contributed by atoms with E-state index < -0.39 is 40.3 Å². The van der Waals surface area contributed by atoms with Gasteiger partial charge in [-0.2, -0.15) is 0 Å². The Morgan fingerprint density at radius 3 is 2.40 bits per heavy atom. The number of nitrogens with zero attached hydrogens (tertiary/aromatic N) is 1. The number of halogens is 3. The third kappa shape index (κ3) is 4.47. The van der Waals surface area contributed by atoms with E-state index in [-0.39, 0.29) is 12.7 Å². The van der Waals surface area contributed by atoms with Gasteiger partial charge in [0.05, 0.1) is 17.9 Å². The average Bonchev–Trinajstić information content (AvgIpc) is 2.59. The standard InChI is InChI=1S/C18H14F3NO3/c1-2-25-18(24)13(10-22-11-6-4-3-5-7-11)17(23)12-8-15(20)16(21)9-14(12)19/h3-10,23H,2H2,1H3/b17-13-,22-10?. The van der Waals surface area contributed by atoms with E-state index >= 15 is 0 Å². The van der Waals surface area contributed by atoms with E-state index in [1.54, 1.807) is 37.3 Å². The summed E-state index contributed by atoms with van der Waals surface area (Å²) in [7, 11) is 0. The van der Waals surface area contributed by atoms with Crippen molar-refractivity contribution in [2.75, 3.05) is 6.61 Å². The van der Waals surface area contributed by atoms with Gasteiger partial charge in [0.1, 0.15) is 17.1 Å². The zero-order valence-electron chi connectivity index (χ0n) is 13.2. The van der Waals surface area contributed by atoms with Crippen molar-refractivity contribution in [3.63, 3.8) is 0 Å². The highest BCUT2D eigenvalue weighted by atomic mass is 19.2. The van der Waals surface area contributed by atoms with Gasteiger partial charge < -0.3 is 9.84 Å². The maximum Gasteiger partial charge on any atom is 0.343 e. The van der Waals surface area contributed by atoms with Crippen LogP contribution in [-0.4, -0.2) is 23.9 Å². The summed E-state index contributed by atoms with van der Waals surface area (Å²) in [4.78, 5) is 16.0. The molecule has 0 aliphatic heterocycles. The average molecular weight is 349 g/mol. The summed E-state index contributed by atoms with van der Waals surface area (Å²) in [6, 6.07) is 9.16. The third-order valence-corrected chi connectivity index (χ3v) is 3.11. The van der Waals surface area contributed by atoms with Gasteiger partial charge in [0.2, 0.25) is 0 Å². The van der Waals surface area contributed by atoms with Crippen LogP contribution in [0, 0.1) is 17.5 Å². The summed E-state index contributed by atoms with van der Waals surface area (Å²) < 4.78 is 45.0. The topological polar surface area (TPSA) is 58.9 Å². The fourth-order valence-electron chi connectivity index (χ4n) is 1.92. The number of hydrogen-bond donors (Lipinski definition) is 1. The molecule has 1 N–H and O–H groups in total. The van der Waals surface area contributed by atoms with Gasteiger partial charge in [-0.05, 0) is 25.1 Å². The predicted molar refractivity (Wildman–Crippen MR) is 87.1 cm³/mol. The van der Waals surface area contributed by atoms with E-state index in [1.165, 1.54) is 0 Å². The normalized spacial score (nSPS) is 12.2. The zero-order valence-corrected chi connectivity index (χ0v) is 13.2. The molecule has 0 aliphatic rings. The molecule has 2 aromatic rings. The molecule has 2 rings (SSSR count). The Labute approximate surface area is 141 Å². The number of carbonyl (C=O) groups excluding carboxylic acids is 1. The molecule has 130 valence electrons. The fraction of sp³-hybridized carbons (Fsp3) is 0.111. The number of aliphatic hydroxyl groups excluding tert-OH is 1. The number of esters is 1. The Bertz CT molecular complexity index is 833. The van der Waals surface area contributed by atoms with Gasteiger partial charge in [-0.15, -0.1) is 0 Å². The summed E-state index contributed by atoms with van der Waals surface area (Å²) in [6.07, 6.45) is 0.976. The van der Waals surface area contributed by atoms with Crippen LogP contribution < -0.4 is 0 Å². The molecule has 0 unspecified atom stereocenters. The van der Waals surface area contributed by atoms with E-state index in [1.807, 2.05) is 0 Å². The molecular formula is C18H14F3NO3. The summed E-state index contributed by atoms with van der Waals surface area (Å²) in [5, 5.41) is 10.2. The Balaban J connectivity index is 2.53. The van der Waals surface area contributed by atoms with Crippen molar-refractivity contribution in [1.82, 2.24) is 0 Å². The molecule has 0 fully saturated rings. The Kier molecular flexibility index (Phi) is 5.94. The summed E-state index contributed by atoms with van der Waals surface area (Å²) in [5.41, 5.74) is -0.708. The summed E-state index contributed by atoms with van der Waals surface area (Å²) in [6.45, 7) is 1.54. The highest BCUT2D eigenvalue weighted by Gasteiger charge is 2.21. The lowest BCUT2D eigenvalue weighted by Crippen LogP contribution is -2.12. The molecule has 0 spiro atoms. The van der Waals surface area contributed by atoms with Crippen molar-refractivity contribution in [2.45, 2.75) is 6.92 Å². The number of carbonyl (C=O) groups is 1. The zero-order chi connectivity index (χ0) is 18.4. The monoisotopic (exact) mass is 349 g/mol. The number of rotatable bonds is 5. The lowest BCUT2D eigenvalue weighted by molar-refractivity contribution is -0.137. The lowest BCUT2D eigenvalue weighted by atomic mass is 10.1. The molecule has 0 saturated carbocycles. The van der Waals surface area contributed by atoms with Crippen LogP contribution in [0.5, 0.6) is 0 Å². The fourth-order valence-corrected chi connectivity index (χ4v) is 1.92. The van der Waals surface area contributed by atoms with Crippen LogP contribution in [0.15, 0.2) is 53.0 Å². The van der Waals surface area contributed by atoms with Crippen LogP contribution in [0.25, 0.3) is 5.76 Å². The largest absolute Gasteiger partial charge is 0.506 e. The molecule has 0 saturated heterocycles. The molecule has 0 aromatic heterocycles. The van der Waals surface area contributed by atoms with Crippen LogP contribution in [0.2, 0.25) is 0 Å². The van der Waals surface area contributed by atoms with E-state index in [9.17, 15) is 23.1 Å². The Hall–Kier alpha value is -3.09. The third-order valence-electron chi connectivity index (χ3n) is 3.11. The number of ether oxygens (including phenoxy) is 1. The highest BCUT2D eigenvalue weighted by molar-refractivity contribution is 6.15. The smallest absolute Gasteiger partial charge is 0.343 e. The van der Waals surface area contributed by atoms with Gasteiger partial charge in [0, 0.05) is 12.3 Å². The first-order chi connectivity index (χ1) is 11.9. The predicted octanol–water partition coefficient (Wildman–Crippen LogP) is 4.34. The number of benzene rings is 2. The molecule has 25 heavy (non-hydrogen) atoms. The first-order valence-electron chi connectivity index (χ1n) is 7.28. The van der Waals surface area contributed by atoms with Gasteiger partial charge in [-0.25, -0.2) is 18.0 Å². The van der Waals surface area contributed by atoms with E-state index in [0.29, 0.717) is 11.8 Å². The summed E-state index contributed by atoms with van der Waals surface area (Å²) in [5.74, 6) is -5.90. The van der Waals surface area contributed by atoms with Crippen molar-refractivity contribution < 1.29 is 27.8 Å². The highest BCUT2D eigenvalue weighted by Crippen LogP contribution is 2.23. The van der Waals surface area contributed by atoms with E-state index in [0.717, 1.165) is 6.21 Å². The first-order valence-corrected chi connectivity index (χ1v) is 7.28. The van der Waals surface area contributed by atoms with Crippen molar-refractivity contribution in [2.24, 2.45) is 4.99 Å². The lowest BCUT2D eigenvalue weighted by Gasteiger charge is -2.08. The first kappa shape index (κ1) is 18.3. The van der Waals surface area contributed by atoms with Gasteiger partial charge >= 0.3 is 5.97 Å². The molecule has 0 atom stereocenters. The number of hydrogen-bond acceptors (Lipinski definition) is 4. The minimum atomic E-state index is -1.41. The molecule has 0 bridgehead atoms. The van der Waals surface area contributed by atoms with E-state index in [4.69, 9.17) is 4.74 Å². The van der Waals surface area contributed by atoms with Crippen LogP contribution in [-0.2, 0) is 9.53 Å². The maximum absolute atomic E-state index is 13.9. The quantitative estimate of drug-likeness (QED) is 0.287. The maximum atomic E-state index is 13.9. The molecule has 4 nitrogen and oxygen atoms in total. The number of aliphatic imine (C=N–C) groups is 1. The Morgan fingerprint density at radius 1 is 1.12 bits per heavy atom. The molecular weight excluding hydrogens is 335 g/mol. The van der Waals surface area contributed by atoms with Gasteiger partial charge in [-0.1, -0.05) is 18.2 Å². The number of aliphatic hydroxyl groups is 1. The SMILES string of the molecule is CCOC(=O)/C(C=Nc1ccccc1)=C(\O)c1cc(F)c(F)cc1F. The van der Waals surface area contributed by atoms with E-state index in [2.05, 4.69) is 4.99 Å². The Morgan fingerprint density at radius 2 is 1.76 bits per heavy atom.